The third-order valence-corrected chi connectivity index (χ3v) is 3.53. The molecule has 0 heterocycles. The number of halogens is 1. The monoisotopic (exact) mass is 300 g/mol. The number of aliphatic carboxylic acids is 1. The minimum absolute atomic E-state index is 0.128. The first-order valence-corrected chi connectivity index (χ1v) is 6.33. The Morgan fingerprint density at radius 3 is 2.59 bits per heavy atom. The molecule has 1 aromatic rings. The Hall–Kier alpha value is -1.03. The summed E-state index contributed by atoms with van der Waals surface area (Å²) in [5.74, 6) is 0.364. The first-order chi connectivity index (χ1) is 7.95. The van der Waals surface area contributed by atoms with Crippen molar-refractivity contribution in [2.75, 3.05) is 7.11 Å². The second-order valence-electron chi connectivity index (χ2n) is 4.24. The van der Waals surface area contributed by atoms with Crippen LogP contribution in [0.4, 0.5) is 0 Å². The van der Waals surface area contributed by atoms with Crippen LogP contribution in [0.15, 0.2) is 16.6 Å². The van der Waals surface area contributed by atoms with Crippen LogP contribution in [0.3, 0.4) is 0 Å². The van der Waals surface area contributed by atoms with Crippen LogP contribution >= 0.6 is 15.9 Å². The van der Waals surface area contributed by atoms with Gasteiger partial charge in [-0.25, -0.2) is 0 Å². The number of carboxylic acid groups (broad SMARTS) is 1. The molecule has 0 aliphatic carbocycles. The molecular weight excluding hydrogens is 284 g/mol. The molecule has 0 bridgehead atoms. The first-order valence-electron chi connectivity index (χ1n) is 5.53. The quantitative estimate of drug-likeness (QED) is 0.904. The summed E-state index contributed by atoms with van der Waals surface area (Å²) < 4.78 is 6.14. The van der Waals surface area contributed by atoms with Gasteiger partial charge in [-0.15, -0.1) is 0 Å². The van der Waals surface area contributed by atoms with Crippen molar-refractivity contribution in [2.45, 2.75) is 32.6 Å². The number of hydrogen-bond acceptors (Lipinski definition) is 2. The molecule has 0 aromatic heterocycles. The van der Waals surface area contributed by atoms with Gasteiger partial charge >= 0.3 is 5.97 Å². The zero-order chi connectivity index (χ0) is 13.0. The molecule has 0 atom stereocenters. The minimum atomic E-state index is -0.786. The topological polar surface area (TPSA) is 46.5 Å². The highest BCUT2D eigenvalue weighted by atomic mass is 79.9. The number of carboxylic acids is 1. The Morgan fingerprint density at radius 1 is 1.47 bits per heavy atom. The third-order valence-electron chi connectivity index (χ3n) is 2.63. The molecule has 0 saturated carbocycles. The lowest BCUT2D eigenvalue weighted by atomic mass is 9.98. The van der Waals surface area contributed by atoms with Crippen molar-refractivity contribution in [1.82, 2.24) is 0 Å². The number of benzene rings is 1. The average molecular weight is 301 g/mol. The number of aryl methyl sites for hydroxylation is 1. The van der Waals surface area contributed by atoms with E-state index in [2.05, 4.69) is 29.8 Å². The molecule has 0 saturated heterocycles. The maximum absolute atomic E-state index is 10.6. The summed E-state index contributed by atoms with van der Waals surface area (Å²) in [6.45, 7) is 4.20. The molecule has 0 fully saturated rings. The van der Waals surface area contributed by atoms with Crippen molar-refractivity contribution in [3.63, 3.8) is 0 Å². The summed E-state index contributed by atoms with van der Waals surface area (Å²) in [7, 11) is 1.62. The fourth-order valence-electron chi connectivity index (χ4n) is 1.58. The molecule has 0 amide bonds. The number of hydrogen-bond donors (Lipinski definition) is 1. The number of ether oxygens (including phenoxy) is 1. The summed E-state index contributed by atoms with van der Waals surface area (Å²) in [6, 6.07) is 4.03. The predicted molar refractivity (Wildman–Crippen MR) is 70.7 cm³/mol. The summed E-state index contributed by atoms with van der Waals surface area (Å²) in [4.78, 5) is 10.6. The van der Waals surface area contributed by atoms with Crippen LogP contribution in [0.1, 0.15) is 37.3 Å². The van der Waals surface area contributed by atoms with Gasteiger partial charge in [-0.1, -0.05) is 19.9 Å². The number of methoxy groups -OCH3 is 1. The molecule has 17 heavy (non-hydrogen) atoms. The zero-order valence-electron chi connectivity index (χ0n) is 10.3. The van der Waals surface area contributed by atoms with Crippen LogP contribution in [0.25, 0.3) is 0 Å². The lowest BCUT2D eigenvalue weighted by Crippen LogP contribution is -2.01. The van der Waals surface area contributed by atoms with Gasteiger partial charge in [0, 0.05) is 6.42 Å². The van der Waals surface area contributed by atoms with Gasteiger partial charge in [0.25, 0.3) is 0 Å². The van der Waals surface area contributed by atoms with Crippen molar-refractivity contribution >= 4 is 21.9 Å². The molecule has 0 radical (unpaired) electrons. The molecule has 0 unspecified atom stereocenters. The summed E-state index contributed by atoms with van der Waals surface area (Å²) in [5, 5.41) is 8.72. The second kappa shape index (κ2) is 6.05. The Bertz CT molecular complexity index is 413. The van der Waals surface area contributed by atoms with Gasteiger partial charge in [-0.05, 0) is 45.5 Å². The van der Waals surface area contributed by atoms with E-state index in [0.29, 0.717) is 12.3 Å². The van der Waals surface area contributed by atoms with E-state index in [0.717, 1.165) is 21.3 Å². The molecule has 4 heteroatoms. The average Bonchev–Trinajstić information content (AvgIpc) is 2.27. The standard InChI is InChI=1S/C13H17BrO3/c1-8(2)10-6-9(4-5-12(15)16)13(14)11(7-10)17-3/h6-8H,4-5H2,1-3H3,(H,15,16). The maximum Gasteiger partial charge on any atom is 0.303 e. The van der Waals surface area contributed by atoms with Crippen LogP contribution in [-0.4, -0.2) is 18.2 Å². The van der Waals surface area contributed by atoms with Gasteiger partial charge in [0.15, 0.2) is 0 Å². The highest BCUT2D eigenvalue weighted by Gasteiger charge is 2.12. The van der Waals surface area contributed by atoms with E-state index in [1.807, 2.05) is 12.1 Å². The van der Waals surface area contributed by atoms with Gasteiger partial charge in [-0.2, -0.15) is 0 Å². The van der Waals surface area contributed by atoms with Crippen molar-refractivity contribution in [3.05, 3.63) is 27.7 Å². The maximum atomic E-state index is 10.6. The van der Waals surface area contributed by atoms with Crippen LogP contribution in [0, 0.1) is 0 Å². The normalized spacial score (nSPS) is 10.6. The van der Waals surface area contributed by atoms with E-state index in [4.69, 9.17) is 9.84 Å². The Morgan fingerprint density at radius 2 is 2.12 bits per heavy atom. The van der Waals surface area contributed by atoms with E-state index in [1.165, 1.54) is 0 Å². The Kier molecular flexibility index (Phi) is 5.00. The summed E-state index contributed by atoms with van der Waals surface area (Å²) >= 11 is 3.46. The van der Waals surface area contributed by atoms with Gasteiger partial charge in [0.05, 0.1) is 11.6 Å². The minimum Gasteiger partial charge on any atom is -0.496 e. The zero-order valence-corrected chi connectivity index (χ0v) is 11.9. The van der Waals surface area contributed by atoms with E-state index in [1.54, 1.807) is 7.11 Å². The van der Waals surface area contributed by atoms with Crippen molar-refractivity contribution in [1.29, 1.82) is 0 Å². The Labute approximate surface area is 110 Å². The molecule has 94 valence electrons. The fraction of sp³-hybridized carbons (Fsp3) is 0.462. The van der Waals surface area contributed by atoms with Gasteiger partial charge in [0.2, 0.25) is 0 Å². The molecule has 0 aliphatic rings. The van der Waals surface area contributed by atoms with E-state index < -0.39 is 5.97 Å². The molecule has 3 nitrogen and oxygen atoms in total. The van der Waals surface area contributed by atoms with Crippen LogP contribution in [0.5, 0.6) is 5.75 Å². The Balaban J connectivity index is 3.08. The highest BCUT2D eigenvalue weighted by Crippen LogP contribution is 2.33. The van der Waals surface area contributed by atoms with Crippen LogP contribution in [-0.2, 0) is 11.2 Å². The number of carbonyl (C=O) groups is 1. The van der Waals surface area contributed by atoms with Crippen LogP contribution < -0.4 is 4.74 Å². The highest BCUT2D eigenvalue weighted by molar-refractivity contribution is 9.10. The van der Waals surface area contributed by atoms with Crippen LogP contribution in [0.2, 0.25) is 0 Å². The first kappa shape index (κ1) is 14.0. The van der Waals surface area contributed by atoms with Crippen molar-refractivity contribution < 1.29 is 14.6 Å². The van der Waals surface area contributed by atoms with Crippen molar-refractivity contribution in [3.8, 4) is 5.75 Å². The van der Waals surface area contributed by atoms with E-state index >= 15 is 0 Å². The molecule has 0 spiro atoms. The summed E-state index contributed by atoms with van der Waals surface area (Å²) in [6.07, 6.45) is 0.635. The largest absolute Gasteiger partial charge is 0.496 e. The van der Waals surface area contributed by atoms with Gasteiger partial charge in [0.1, 0.15) is 5.75 Å². The summed E-state index contributed by atoms with van der Waals surface area (Å²) in [5.41, 5.74) is 2.14. The lowest BCUT2D eigenvalue weighted by Gasteiger charge is -2.14. The third kappa shape index (κ3) is 3.73. The van der Waals surface area contributed by atoms with Gasteiger partial charge in [-0.3, -0.25) is 4.79 Å². The van der Waals surface area contributed by atoms with E-state index in [-0.39, 0.29) is 6.42 Å². The molecule has 0 aliphatic heterocycles. The lowest BCUT2D eigenvalue weighted by molar-refractivity contribution is -0.136. The van der Waals surface area contributed by atoms with Gasteiger partial charge < -0.3 is 9.84 Å². The molecule has 1 rings (SSSR count). The molecular formula is C13H17BrO3. The van der Waals surface area contributed by atoms with Crippen molar-refractivity contribution in [2.24, 2.45) is 0 Å². The predicted octanol–water partition coefficient (Wildman–Crippen LogP) is 3.60. The number of rotatable bonds is 5. The molecule has 1 N–H and O–H groups in total. The smallest absolute Gasteiger partial charge is 0.303 e. The van der Waals surface area contributed by atoms with E-state index in [9.17, 15) is 4.79 Å². The molecule has 1 aromatic carbocycles. The SMILES string of the molecule is COc1cc(C(C)C)cc(CCC(=O)O)c1Br. The second-order valence-corrected chi connectivity index (χ2v) is 5.04. The fourth-order valence-corrected chi connectivity index (χ4v) is 2.17.